The molecule has 2 rings (SSSR count). The lowest BCUT2D eigenvalue weighted by atomic mass is 10.1. The molecule has 0 aromatic heterocycles. The van der Waals surface area contributed by atoms with Crippen molar-refractivity contribution in [2.45, 2.75) is 51.0 Å². The molecule has 1 heterocycles. The monoisotopic (exact) mass is 320 g/mol. The molecule has 0 amide bonds. The molecule has 3 nitrogen and oxygen atoms in total. The van der Waals surface area contributed by atoms with Crippen LogP contribution in [0.4, 0.5) is 17.6 Å². The second kappa shape index (κ2) is 6.64. The second-order valence-electron chi connectivity index (χ2n) is 5.17. The Hall–Kier alpha value is -1.63. The Bertz CT molecular complexity index is 542. The van der Waals surface area contributed by atoms with Crippen LogP contribution in [0.15, 0.2) is 18.2 Å². The number of halogens is 4. The van der Waals surface area contributed by atoms with Crippen molar-refractivity contribution in [1.29, 1.82) is 0 Å². The minimum Gasteiger partial charge on any atom is -0.425 e. The summed E-state index contributed by atoms with van der Waals surface area (Å²) in [4.78, 5) is 11.9. The Morgan fingerprint density at radius 2 is 2.09 bits per heavy atom. The highest BCUT2D eigenvalue weighted by Gasteiger charge is 2.35. The zero-order valence-corrected chi connectivity index (χ0v) is 12.0. The van der Waals surface area contributed by atoms with Crippen molar-refractivity contribution in [2.24, 2.45) is 0 Å². The van der Waals surface area contributed by atoms with E-state index in [1.54, 1.807) is 0 Å². The van der Waals surface area contributed by atoms with Crippen LogP contribution in [-0.2, 0) is 15.7 Å². The topological polar surface area (TPSA) is 35.5 Å². The quantitative estimate of drug-likeness (QED) is 0.476. The van der Waals surface area contributed by atoms with Gasteiger partial charge in [-0.3, -0.25) is 0 Å². The average molecular weight is 320 g/mol. The van der Waals surface area contributed by atoms with Crippen LogP contribution in [0.2, 0.25) is 0 Å². The lowest BCUT2D eigenvalue weighted by molar-refractivity contribution is -0.146. The van der Waals surface area contributed by atoms with Gasteiger partial charge in [0.15, 0.2) is 6.10 Å². The first kappa shape index (κ1) is 16.7. The normalized spacial score (nSPS) is 21.9. The number of ether oxygens (including phenoxy) is 2. The SMILES string of the molecule is CCCC1CCC(C(=O)Oc2ccc(C(F)(F)F)c(F)c2)O1. The fourth-order valence-electron chi connectivity index (χ4n) is 2.38. The predicted octanol–water partition coefficient (Wildman–Crippen LogP) is 4.10. The number of rotatable bonds is 4. The van der Waals surface area contributed by atoms with Crippen LogP contribution >= 0.6 is 0 Å². The lowest BCUT2D eigenvalue weighted by Gasteiger charge is -2.13. The molecule has 1 aliphatic heterocycles. The van der Waals surface area contributed by atoms with Crippen LogP contribution in [0.25, 0.3) is 0 Å². The molecule has 0 saturated carbocycles. The minimum atomic E-state index is -4.78. The molecule has 1 aromatic rings. The number of alkyl halides is 3. The van der Waals surface area contributed by atoms with Crippen molar-refractivity contribution in [2.75, 3.05) is 0 Å². The summed E-state index contributed by atoms with van der Waals surface area (Å²) in [7, 11) is 0. The van der Waals surface area contributed by atoms with E-state index < -0.39 is 29.6 Å². The molecule has 1 saturated heterocycles. The summed E-state index contributed by atoms with van der Waals surface area (Å²) in [6.45, 7) is 2.00. The number of esters is 1. The first-order valence-electron chi connectivity index (χ1n) is 7.05. The van der Waals surface area contributed by atoms with Crippen molar-refractivity contribution in [3.63, 3.8) is 0 Å². The van der Waals surface area contributed by atoms with Crippen LogP contribution < -0.4 is 4.74 Å². The molecule has 0 spiro atoms. The molecule has 1 aliphatic rings. The molecule has 2 atom stereocenters. The zero-order valence-electron chi connectivity index (χ0n) is 12.0. The number of hydrogen-bond acceptors (Lipinski definition) is 3. The number of carbonyl (C=O) groups excluding carboxylic acids is 1. The third-order valence-corrected chi connectivity index (χ3v) is 3.45. The Kier molecular flexibility index (Phi) is 5.05. The molecular weight excluding hydrogens is 304 g/mol. The van der Waals surface area contributed by atoms with Crippen LogP contribution in [-0.4, -0.2) is 18.2 Å². The standard InChI is InChI=1S/C15H16F4O3/c1-2-3-9-5-7-13(21-9)14(20)22-10-4-6-11(12(16)8-10)15(17,18)19/h4,6,8-9,13H,2-3,5,7H2,1H3. The van der Waals surface area contributed by atoms with Gasteiger partial charge < -0.3 is 9.47 Å². The Morgan fingerprint density at radius 3 is 2.68 bits per heavy atom. The molecule has 1 fully saturated rings. The highest BCUT2D eigenvalue weighted by Crippen LogP contribution is 2.33. The molecule has 0 radical (unpaired) electrons. The zero-order chi connectivity index (χ0) is 16.3. The second-order valence-corrected chi connectivity index (χ2v) is 5.17. The van der Waals surface area contributed by atoms with Gasteiger partial charge in [0.25, 0.3) is 0 Å². The average Bonchev–Trinajstić information content (AvgIpc) is 2.86. The molecule has 2 unspecified atom stereocenters. The van der Waals surface area contributed by atoms with Gasteiger partial charge in [-0.15, -0.1) is 0 Å². The van der Waals surface area contributed by atoms with Crippen molar-refractivity contribution >= 4 is 5.97 Å². The molecule has 22 heavy (non-hydrogen) atoms. The van der Waals surface area contributed by atoms with Crippen LogP contribution in [0.3, 0.4) is 0 Å². The van der Waals surface area contributed by atoms with Crippen molar-refractivity contribution < 1.29 is 31.8 Å². The maximum Gasteiger partial charge on any atom is 0.419 e. The molecule has 0 N–H and O–H groups in total. The largest absolute Gasteiger partial charge is 0.425 e. The molecule has 122 valence electrons. The Labute approximate surface area is 125 Å². The fraction of sp³-hybridized carbons (Fsp3) is 0.533. The number of benzene rings is 1. The first-order chi connectivity index (χ1) is 10.3. The van der Waals surface area contributed by atoms with Crippen molar-refractivity contribution in [3.05, 3.63) is 29.6 Å². The summed E-state index contributed by atoms with van der Waals surface area (Å²) in [5, 5.41) is 0. The van der Waals surface area contributed by atoms with Gasteiger partial charge in [-0.1, -0.05) is 13.3 Å². The van der Waals surface area contributed by atoms with E-state index in [0.717, 1.165) is 25.3 Å². The van der Waals surface area contributed by atoms with E-state index in [9.17, 15) is 22.4 Å². The van der Waals surface area contributed by atoms with E-state index in [1.807, 2.05) is 6.92 Å². The maximum absolute atomic E-state index is 13.4. The van der Waals surface area contributed by atoms with Crippen LogP contribution in [0.5, 0.6) is 5.75 Å². The van der Waals surface area contributed by atoms with Crippen LogP contribution in [0.1, 0.15) is 38.2 Å². The summed E-state index contributed by atoms with van der Waals surface area (Å²) >= 11 is 0. The van der Waals surface area contributed by atoms with Gasteiger partial charge in [0.05, 0.1) is 11.7 Å². The predicted molar refractivity (Wildman–Crippen MR) is 69.8 cm³/mol. The Balaban J connectivity index is 1.99. The molecule has 0 aliphatic carbocycles. The van der Waals surface area contributed by atoms with Gasteiger partial charge in [0, 0.05) is 6.07 Å². The van der Waals surface area contributed by atoms with Gasteiger partial charge in [-0.2, -0.15) is 13.2 Å². The molecule has 7 heteroatoms. The third-order valence-electron chi connectivity index (χ3n) is 3.45. The van der Waals surface area contributed by atoms with E-state index in [2.05, 4.69) is 0 Å². The van der Waals surface area contributed by atoms with E-state index in [1.165, 1.54) is 0 Å². The van der Waals surface area contributed by atoms with E-state index in [-0.39, 0.29) is 11.9 Å². The van der Waals surface area contributed by atoms with E-state index in [0.29, 0.717) is 18.6 Å². The summed E-state index contributed by atoms with van der Waals surface area (Å²) in [6.07, 6.45) is -2.56. The number of hydrogen-bond donors (Lipinski definition) is 0. The lowest BCUT2D eigenvalue weighted by Crippen LogP contribution is -2.26. The van der Waals surface area contributed by atoms with E-state index >= 15 is 0 Å². The maximum atomic E-state index is 13.4. The fourth-order valence-corrected chi connectivity index (χ4v) is 2.38. The minimum absolute atomic E-state index is 0.00751. The third kappa shape index (κ3) is 3.97. The summed E-state index contributed by atoms with van der Waals surface area (Å²) in [5.41, 5.74) is -1.40. The van der Waals surface area contributed by atoms with Gasteiger partial charge in [-0.25, -0.2) is 9.18 Å². The van der Waals surface area contributed by atoms with E-state index in [4.69, 9.17) is 9.47 Å². The van der Waals surface area contributed by atoms with Gasteiger partial charge >= 0.3 is 12.1 Å². The van der Waals surface area contributed by atoms with Crippen LogP contribution in [0, 0.1) is 5.82 Å². The molecule has 0 bridgehead atoms. The van der Waals surface area contributed by atoms with Gasteiger partial charge in [0.1, 0.15) is 11.6 Å². The summed E-state index contributed by atoms with van der Waals surface area (Å²) in [5.74, 6) is -2.45. The van der Waals surface area contributed by atoms with Crippen molar-refractivity contribution in [3.8, 4) is 5.75 Å². The smallest absolute Gasteiger partial charge is 0.419 e. The summed E-state index contributed by atoms with van der Waals surface area (Å²) < 4.78 is 61.1. The number of carbonyl (C=O) groups is 1. The van der Waals surface area contributed by atoms with Gasteiger partial charge in [-0.05, 0) is 31.4 Å². The molecule has 1 aromatic carbocycles. The van der Waals surface area contributed by atoms with Gasteiger partial charge in [0.2, 0.25) is 0 Å². The van der Waals surface area contributed by atoms with Crippen molar-refractivity contribution in [1.82, 2.24) is 0 Å². The highest BCUT2D eigenvalue weighted by molar-refractivity contribution is 5.77. The summed E-state index contributed by atoms with van der Waals surface area (Å²) in [6, 6.07) is 2.02. The Morgan fingerprint density at radius 1 is 1.36 bits per heavy atom. The highest BCUT2D eigenvalue weighted by atomic mass is 19.4. The first-order valence-corrected chi connectivity index (χ1v) is 7.05. The molecular formula is C15H16F4O3.